The largest absolute Gasteiger partial charge is 0.360 e. The Kier molecular flexibility index (Phi) is 4.30. The molecule has 1 aromatic carbocycles. The first-order chi connectivity index (χ1) is 9.56. The van der Waals surface area contributed by atoms with E-state index in [9.17, 15) is 4.79 Å². The molecule has 0 bridgehead atoms. The number of rotatable bonds is 4. The van der Waals surface area contributed by atoms with Crippen molar-refractivity contribution in [3.8, 4) is 0 Å². The summed E-state index contributed by atoms with van der Waals surface area (Å²) >= 11 is 0. The number of amides is 1. The predicted molar refractivity (Wildman–Crippen MR) is 79.6 cm³/mol. The lowest BCUT2D eigenvalue weighted by atomic mass is 10.1. The Balaban J connectivity index is 2.23. The van der Waals surface area contributed by atoms with E-state index in [0.29, 0.717) is 11.6 Å². The molecular weight excluding hydrogens is 252 g/mol. The van der Waals surface area contributed by atoms with Gasteiger partial charge in [-0.3, -0.25) is 4.79 Å². The molecule has 20 heavy (non-hydrogen) atoms. The van der Waals surface area contributed by atoms with Crippen LogP contribution < -0.4 is 10.6 Å². The van der Waals surface area contributed by atoms with Gasteiger partial charge < -0.3 is 10.6 Å². The average molecular weight is 270 g/mol. The SMILES string of the molecule is CC(=O)Nc1ncc(C)nc1N[C@@H](C)c1ccccc1. The van der Waals surface area contributed by atoms with Crippen molar-refractivity contribution in [3.63, 3.8) is 0 Å². The zero-order chi connectivity index (χ0) is 14.5. The number of nitrogens with zero attached hydrogens (tertiary/aromatic N) is 2. The molecule has 0 radical (unpaired) electrons. The summed E-state index contributed by atoms with van der Waals surface area (Å²) < 4.78 is 0. The Labute approximate surface area is 118 Å². The number of aryl methyl sites for hydroxylation is 1. The van der Waals surface area contributed by atoms with Gasteiger partial charge in [0.2, 0.25) is 5.91 Å². The summed E-state index contributed by atoms with van der Waals surface area (Å²) in [5, 5.41) is 5.97. The summed E-state index contributed by atoms with van der Waals surface area (Å²) in [6.45, 7) is 5.35. The number of nitrogens with one attached hydrogen (secondary N) is 2. The maximum atomic E-state index is 11.2. The minimum Gasteiger partial charge on any atom is -0.360 e. The van der Waals surface area contributed by atoms with E-state index < -0.39 is 0 Å². The van der Waals surface area contributed by atoms with Crippen molar-refractivity contribution in [1.82, 2.24) is 9.97 Å². The highest BCUT2D eigenvalue weighted by Gasteiger charge is 2.11. The van der Waals surface area contributed by atoms with Crippen LogP contribution in [0.1, 0.15) is 31.1 Å². The molecule has 0 aliphatic heterocycles. The standard InChI is InChI=1S/C15H18N4O/c1-10-9-16-14(19-12(3)20)15(17-10)18-11(2)13-7-5-4-6-8-13/h4-9,11H,1-3H3,(H,17,18)(H,16,19,20)/t11-/m0/s1. The van der Waals surface area contributed by atoms with Gasteiger partial charge in [0.25, 0.3) is 0 Å². The maximum Gasteiger partial charge on any atom is 0.222 e. The molecule has 1 heterocycles. The average Bonchev–Trinajstić information content (AvgIpc) is 2.42. The molecule has 0 saturated heterocycles. The Morgan fingerprint density at radius 2 is 1.90 bits per heavy atom. The van der Waals surface area contributed by atoms with E-state index in [2.05, 4.69) is 20.6 Å². The van der Waals surface area contributed by atoms with Gasteiger partial charge in [0.15, 0.2) is 11.6 Å². The summed E-state index contributed by atoms with van der Waals surface area (Å²) in [5.74, 6) is 0.862. The molecule has 5 nitrogen and oxygen atoms in total. The van der Waals surface area contributed by atoms with E-state index in [1.165, 1.54) is 6.92 Å². The van der Waals surface area contributed by atoms with E-state index in [4.69, 9.17) is 0 Å². The number of hydrogen-bond donors (Lipinski definition) is 2. The lowest BCUT2D eigenvalue weighted by Gasteiger charge is -2.17. The van der Waals surface area contributed by atoms with E-state index in [1.54, 1.807) is 6.20 Å². The lowest BCUT2D eigenvalue weighted by Crippen LogP contribution is -2.15. The summed E-state index contributed by atoms with van der Waals surface area (Å²) in [5.41, 5.74) is 1.94. The number of carbonyl (C=O) groups excluding carboxylic acids is 1. The smallest absolute Gasteiger partial charge is 0.222 e. The van der Waals surface area contributed by atoms with Crippen molar-refractivity contribution in [2.75, 3.05) is 10.6 Å². The lowest BCUT2D eigenvalue weighted by molar-refractivity contribution is -0.114. The predicted octanol–water partition coefficient (Wildman–Crippen LogP) is 2.92. The van der Waals surface area contributed by atoms with E-state index in [-0.39, 0.29) is 11.9 Å². The molecule has 0 aliphatic rings. The van der Waals surface area contributed by atoms with Gasteiger partial charge in [-0.05, 0) is 19.4 Å². The molecule has 1 atom stereocenters. The fourth-order valence-corrected chi connectivity index (χ4v) is 1.87. The Hall–Kier alpha value is -2.43. The van der Waals surface area contributed by atoms with Crippen LogP contribution in [0.5, 0.6) is 0 Å². The minimum absolute atomic E-state index is 0.0693. The van der Waals surface area contributed by atoms with Gasteiger partial charge in [-0.25, -0.2) is 9.97 Å². The molecule has 0 fully saturated rings. The quantitative estimate of drug-likeness (QED) is 0.896. The monoisotopic (exact) mass is 270 g/mol. The minimum atomic E-state index is -0.168. The molecule has 104 valence electrons. The van der Waals surface area contributed by atoms with E-state index >= 15 is 0 Å². The summed E-state index contributed by atoms with van der Waals surface area (Å²) in [6.07, 6.45) is 1.63. The number of aromatic nitrogens is 2. The first-order valence-electron chi connectivity index (χ1n) is 6.49. The second-order valence-corrected chi connectivity index (χ2v) is 4.67. The zero-order valence-corrected chi connectivity index (χ0v) is 11.8. The fraction of sp³-hybridized carbons (Fsp3) is 0.267. The third-order valence-corrected chi connectivity index (χ3v) is 2.84. The second-order valence-electron chi connectivity index (χ2n) is 4.67. The van der Waals surface area contributed by atoms with Crippen LogP contribution in [0.3, 0.4) is 0 Å². The van der Waals surface area contributed by atoms with Crippen molar-refractivity contribution < 1.29 is 4.79 Å². The number of hydrogen-bond acceptors (Lipinski definition) is 4. The number of carbonyl (C=O) groups is 1. The molecule has 0 spiro atoms. The van der Waals surface area contributed by atoms with Crippen LogP contribution in [0.15, 0.2) is 36.5 Å². The van der Waals surface area contributed by atoms with Crippen LogP contribution in [0.25, 0.3) is 0 Å². The highest BCUT2D eigenvalue weighted by Crippen LogP contribution is 2.22. The van der Waals surface area contributed by atoms with E-state index in [0.717, 1.165) is 11.3 Å². The maximum absolute atomic E-state index is 11.2. The summed E-state index contributed by atoms with van der Waals surface area (Å²) in [7, 11) is 0. The molecular formula is C15H18N4O. The zero-order valence-electron chi connectivity index (χ0n) is 11.8. The van der Waals surface area contributed by atoms with Crippen LogP contribution in [0, 0.1) is 6.92 Å². The van der Waals surface area contributed by atoms with Gasteiger partial charge in [0.1, 0.15) is 0 Å². The van der Waals surface area contributed by atoms with Gasteiger partial charge in [-0.2, -0.15) is 0 Å². The highest BCUT2D eigenvalue weighted by molar-refractivity contribution is 5.90. The van der Waals surface area contributed by atoms with Crippen molar-refractivity contribution in [3.05, 3.63) is 47.8 Å². The Morgan fingerprint density at radius 3 is 2.55 bits per heavy atom. The molecule has 0 unspecified atom stereocenters. The van der Waals surface area contributed by atoms with Crippen molar-refractivity contribution >= 4 is 17.5 Å². The van der Waals surface area contributed by atoms with Crippen LogP contribution in [0.4, 0.5) is 11.6 Å². The molecule has 0 saturated carbocycles. The Morgan fingerprint density at radius 1 is 1.20 bits per heavy atom. The van der Waals surface area contributed by atoms with Crippen LogP contribution in [0.2, 0.25) is 0 Å². The van der Waals surface area contributed by atoms with E-state index in [1.807, 2.05) is 44.2 Å². The molecule has 2 N–H and O–H groups in total. The molecule has 0 aliphatic carbocycles. The third kappa shape index (κ3) is 3.54. The Bertz CT molecular complexity index is 598. The molecule has 1 aromatic heterocycles. The summed E-state index contributed by atoms with van der Waals surface area (Å²) in [4.78, 5) is 19.8. The topological polar surface area (TPSA) is 66.9 Å². The van der Waals surface area contributed by atoms with Crippen LogP contribution in [-0.4, -0.2) is 15.9 Å². The third-order valence-electron chi connectivity index (χ3n) is 2.84. The van der Waals surface area contributed by atoms with Crippen LogP contribution in [-0.2, 0) is 4.79 Å². The van der Waals surface area contributed by atoms with Crippen molar-refractivity contribution in [1.29, 1.82) is 0 Å². The van der Waals surface area contributed by atoms with Crippen LogP contribution >= 0.6 is 0 Å². The van der Waals surface area contributed by atoms with Gasteiger partial charge in [-0.15, -0.1) is 0 Å². The molecule has 5 heteroatoms. The van der Waals surface area contributed by atoms with Gasteiger partial charge in [-0.1, -0.05) is 30.3 Å². The molecule has 2 rings (SSSR count). The van der Waals surface area contributed by atoms with Crippen molar-refractivity contribution in [2.24, 2.45) is 0 Å². The molecule has 1 amide bonds. The second kappa shape index (κ2) is 6.14. The summed E-state index contributed by atoms with van der Waals surface area (Å²) in [6, 6.07) is 10.1. The first kappa shape index (κ1) is 14.0. The fourth-order valence-electron chi connectivity index (χ4n) is 1.87. The van der Waals surface area contributed by atoms with Crippen molar-refractivity contribution in [2.45, 2.75) is 26.8 Å². The number of benzene rings is 1. The van der Waals surface area contributed by atoms with Gasteiger partial charge in [0.05, 0.1) is 17.9 Å². The normalized spacial score (nSPS) is 11.8. The number of anilines is 2. The highest BCUT2D eigenvalue weighted by atomic mass is 16.1. The first-order valence-corrected chi connectivity index (χ1v) is 6.49. The molecule has 2 aromatic rings. The van der Waals surface area contributed by atoms with Gasteiger partial charge in [0, 0.05) is 6.92 Å². The van der Waals surface area contributed by atoms with Gasteiger partial charge >= 0.3 is 0 Å².